The summed E-state index contributed by atoms with van der Waals surface area (Å²) in [6, 6.07) is 0. The third-order valence-electron chi connectivity index (χ3n) is 1.69. The van der Waals surface area contributed by atoms with Crippen molar-refractivity contribution in [2.24, 2.45) is 0 Å². The van der Waals surface area contributed by atoms with Gasteiger partial charge in [0.05, 0.1) is 6.20 Å². The Morgan fingerprint density at radius 2 is 2.12 bits per heavy atom. The van der Waals surface area contributed by atoms with Gasteiger partial charge in [0.15, 0.2) is 0 Å². The number of carboxylic acid groups (broad SMARTS) is 1. The summed E-state index contributed by atoms with van der Waals surface area (Å²) in [5.74, 6) is -3.33. The van der Waals surface area contributed by atoms with Crippen LogP contribution in [0.2, 0.25) is 0 Å². The molecule has 0 aliphatic carbocycles. The van der Waals surface area contributed by atoms with E-state index in [-0.39, 0.29) is 10.9 Å². The number of nitrogens with zero attached hydrogens (tertiary/aromatic N) is 1. The predicted molar refractivity (Wildman–Crippen MR) is 52.2 cm³/mol. The number of pyridine rings is 1. The van der Waals surface area contributed by atoms with Gasteiger partial charge in [0.2, 0.25) is 5.88 Å². The molecule has 0 aromatic carbocycles. The topological polar surface area (TPSA) is 79.7 Å². The number of hydrogen-bond acceptors (Lipinski definition) is 4. The van der Waals surface area contributed by atoms with Crippen LogP contribution in [0.1, 0.15) is 15.9 Å². The standard InChI is InChI=1S/C8H5BrF3NO4/c9-1-3-4(14)2-13-6(5(3)7(15)16)17-8(10,11)12/h2,14H,1H2,(H,15,16). The molecule has 1 heterocycles. The van der Waals surface area contributed by atoms with Crippen molar-refractivity contribution >= 4 is 21.9 Å². The fourth-order valence-electron chi connectivity index (χ4n) is 1.06. The number of aromatic nitrogens is 1. The molecule has 1 rings (SSSR count). The summed E-state index contributed by atoms with van der Waals surface area (Å²) in [5, 5.41) is 17.9. The second-order valence-corrected chi connectivity index (χ2v) is 3.35. The number of halogens is 4. The zero-order chi connectivity index (χ0) is 13.2. The van der Waals surface area contributed by atoms with Crippen LogP contribution >= 0.6 is 15.9 Å². The molecule has 0 saturated carbocycles. The van der Waals surface area contributed by atoms with E-state index in [1.807, 2.05) is 0 Å². The van der Waals surface area contributed by atoms with Crippen LogP contribution < -0.4 is 4.74 Å². The van der Waals surface area contributed by atoms with Crippen LogP contribution in [-0.4, -0.2) is 27.5 Å². The first-order chi connectivity index (χ1) is 7.76. The Balaban J connectivity index is 3.36. The van der Waals surface area contributed by atoms with Crippen LogP contribution in [0.5, 0.6) is 11.6 Å². The van der Waals surface area contributed by atoms with Gasteiger partial charge in [-0.1, -0.05) is 15.9 Å². The maximum absolute atomic E-state index is 12.0. The van der Waals surface area contributed by atoms with Gasteiger partial charge >= 0.3 is 12.3 Å². The summed E-state index contributed by atoms with van der Waals surface area (Å²) in [4.78, 5) is 13.9. The molecule has 0 atom stereocenters. The number of carbonyl (C=O) groups is 1. The normalized spacial score (nSPS) is 11.3. The molecule has 94 valence electrons. The Labute approximate surface area is 101 Å². The van der Waals surface area contributed by atoms with Crippen LogP contribution in [0.15, 0.2) is 6.20 Å². The van der Waals surface area contributed by atoms with E-state index in [0.717, 1.165) is 0 Å². The summed E-state index contributed by atoms with van der Waals surface area (Å²) in [6.07, 6.45) is -4.37. The van der Waals surface area contributed by atoms with Crippen LogP contribution in [0, 0.1) is 0 Å². The molecule has 5 nitrogen and oxygen atoms in total. The lowest BCUT2D eigenvalue weighted by Gasteiger charge is -2.12. The molecule has 17 heavy (non-hydrogen) atoms. The van der Waals surface area contributed by atoms with E-state index in [9.17, 15) is 23.1 Å². The number of hydrogen-bond donors (Lipinski definition) is 2. The maximum Gasteiger partial charge on any atom is 0.574 e. The molecule has 0 radical (unpaired) electrons. The van der Waals surface area contributed by atoms with Gasteiger partial charge in [0.1, 0.15) is 11.3 Å². The van der Waals surface area contributed by atoms with Crippen molar-refractivity contribution in [1.82, 2.24) is 4.98 Å². The SMILES string of the molecule is O=C(O)c1c(OC(F)(F)F)ncc(O)c1CBr. The van der Waals surface area contributed by atoms with Crippen LogP contribution in [0.3, 0.4) is 0 Å². The predicted octanol–water partition coefficient (Wildman–Crippen LogP) is 2.28. The summed E-state index contributed by atoms with van der Waals surface area (Å²) in [7, 11) is 0. The first kappa shape index (κ1) is 13.6. The molecule has 0 spiro atoms. The smallest absolute Gasteiger partial charge is 0.506 e. The zero-order valence-electron chi connectivity index (χ0n) is 7.95. The molecule has 0 unspecified atom stereocenters. The third-order valence-corrected chi connectivity index (χ3v) is 2.25. The Hall–Kier alpha value is -1.51. The second-order valence-electron chi connectivity index (χ2n) is 2.79. The van der Waals surface area contributed by atoms with Gasteiger partial charge < -0.3 is 14.9 Å². The fraction of sp³-hybridized carbons (Fsp3) is 0.250. The largest absolute Gasteiger partial charge is 0.574 e. The van der Waals surface area contributed by atoms with Crippen molar-refractivity contribution in [1.29, 1.82) is 0 Å². The quantitative estimate of drug-likeness (QED) is 0.836. The molecule has 0 fully saturated rings. The van der Waals surface area contributed by atoms with Crippen molar-refractivity contribution in [2.75, 3.05) is 0 Å². The first-order valence-corrected chi connectivity index (χ1v) is 5.14. The highest BCUT2D eigenvalue weighted by atomic mass is 79.9. The molecule has 2 N–H and O–H groups in total. The molecule has 1 aromatic heterocycles. The van der Waals surface area contributed by atoms with Gasteiger partial charge in [-0.15, -0.1) is 13.2 Å². The van der Waals surface area contributed by atoms with E-state index in [2.05, 4.69) is 25.7 Å². The third kappa shape index (κ3) is 3.22. The van der Waals surface area contributed by atoms with Gasteiger partial charge in [-0.3, -0.25) is 0 Å². The number of aromatic hydroxyl groups is 1. The zero-order valence-corrected chi connectivity index (χ0v) is 9.54. The van der Waals surface area contributed by atoms with Crippen LogP contribution in [-0.2, 0) is 5.33 Å². The van der Waals surface area contributed by atoms with Crippen molar-refractivity contribution in [3.05, 3.63) is 17.3 Å². The number of rotatable bonds is 3. The Bertz CT molecular complexity index is 449. The Morgan fingerprint density at radius 1 is 1.53 bits per heavy atom. The average Bonchev–Trinajstić information content (AvgIpc) is 2.17. The molecular formula is C8H5BrF3NO4. The minimum Gasteiger partial charge on any atom is -0.506 e. The molecule has 9 heteroatoms. The minimum atomic E-state index is -5.06. The van der Waals surface area contributed by atoms with Crippen LogP contribution in [0.25, 0.3) is 0 Å². The Morgan fingerprint density at radius 3 is 2.53 bits per heavy atom. The molecular weight excluding hydrogens is 311 g/mol. The summed E-state index contributed by atoms with van der Waals surface area (Å²) >= 11 is 2.85. The maximum atomic E-state index is 12.0. The number of alkyl halides is 4. The Kier molecular flexibility index (Phi) is 3.81. The van der Waals surface area contributed by atoms with E-state index in [1.165, 1.54) is 0 Å². The molecule has 1 aromatic rings. The van der Waals surface area contributed by atoms with Crippen molar-refractivity contribution in [3.8, 4) is 11.6 Å². The van der Waals surface area contributed by atoms with E-state index in [4.69, 9.17) is 5.11 Å². The summed E-state index contributed by atoms with van der Waals surface area (Å²) in [5.41, 5.74) is -1.08. The average molecular weight is 316 g/mol. The minimum absolute atomic E-state index is 0.156. The highest BCUT2D eigenvalue weighted by Crippen LogP contribution is 2.32. The van der Waals surface area contributed by atoms with Gasteiger partial charge in [0.25, 0.3) is 0 Å². The van der Waals surface area contributed by atoms with Crippen molar-refractivity contribution in [3.63, 3.8) is 0 Å². The molecule has 0 bridgehead atoms. The molecule has 0 saturated heterocycles. The lowest BCUT2D eigenvalue weighted by atomic mass is 10.1. The highest BCUT2D eigenvalue weighted by Gasteiger charge is 2.35. The number of carboxylic acids is 1. The molecule has 0 aliphatic heterocycles. The fourth-order valence-corrected chi connectivity index (χ4v) is 1.63. The number of aromatic carboxylic acids is 1. The van der Waals surface area contributed by atoms with Crippen molar-refractivity contribution < 1.29 is 32.9 Å². The summed E-state index contributed by atoms with van der Waals surface area (Å²) < 4.78 is 39.4. The molecule has 0 amide bonds. The van der Waals surface area contributed by atoms with Crippen molar-refractivity contribution in [2.45, 2.75) is 11.7 Å². The first-order valence-electron chi connectivity index (χ1n) is 4.02. The lowest BCUT2D eigenvalue weighted by Crippen LogP contribution is -2.20. The van der Waals surface area contributed by atoms with Gasteiger partial charge in [-0.25, -0.2) is 9.78 Å². The van der Waals surface area contributed by atoms with E-state index in [1.54, 1.807) is 0 Å². The second kappa shape index (κ2) is 4.78. The monoisotopic (exact) mass is 315 g/mol. The number of ether oxygens (including phenoxy) is 1. The van der Waals surface area contributed by atoms with Crippen LogP contribution in [0.4, 0.5) is 13.2 Å². The van der Waals surface area contributed by atoms with Gasteiger partial charge in [-0.05, 0) is 0 Å². The lowest BCUT2D eigenvalue weighted by molar-refractivity contribution is -0.276. The van der Waals surface area contributed by atoms with Gasteiger partial charge in [0, 0.05) is 10.9 Å². The molecule has 0 aliphatic rings. The highest BCUT2D eigenvalue weighted by molar-refractivity contribution is 9.08. The van der Waals surface area contributed by atoms with E-state index in [0.29, 0.717) is 6.20 Å². The van der Waals surface area contributed by atoms with E-state index < -0.39 is 29.5 Å². The summed E-state index contributed by atoms with van der Waals surface area (Å²) in [6.45, 7) is 0. The van der Waals surface area contributed by atoms with Gasteiger partial charge in [-0.2, -0.15) is 0 Å². The van der Waals surface area contributed by atoms with E-state index >= 15 is 0 Å².